The van der Waals surface area contributed by atoms with Crippen LogP contribution in [0.15, 0.2) is 56.2 Å². The summed E-state index contributed by atoms with van der Waals surface area (Å²) in [5.41, 5.74) is 8.79. The highest BCUT2D eigenvalue weighted by Crippen LogP contribution is 2.41. The zero-order valence-electron chi connectivity index (χ0n) is 21.5. The van der Waals surface area contributed by atoms with E-state index in [1.54, 1.807) is 24.7 Å². The van der Waals surface area contributed by atoms with Gasteiger partial charge in [-0.2, -0.15) is 0 Å². The van der Waals surface area contributed by atoms with Crippen molar-refractivity contribution in [1.82, 2.24) is 10.3 Å². The zero-order valence-corrected chi connectivity index (χ0v) is 22.4. The number of hydrogen-bond donors (Lipinski definition) is 3. The predicted molar refractivity (Wildman–Crippen MR) is 143 cm³/mol. The normalized spacial score (nSPS) is 19.7. The fourth-order valence-electron chi connectivity index (χ4n) is 4.66. The number of aromatic nitrogens is 1. The number of carbonyl (C=O) groups is 2. The van der Waals surface area contributed by atoms with Gasteiger partial charge in [0.05, 0.1) is 18.6 Å². The first-order chi connectivity index (χ1) is 18.7. The van der Waals surface area contributed by atoms with E-state index in [4.69, 9.17) is 20.6 Å². The Morgan fingerprint density at radius 3 is 2.85 bits per heavy atom. The number of aliphatic carboxylic acids is 1. The molecule has 2 unspecified atom stereocenters. The van der Waals surface area contributed by atoms with Crippen LogP contribution in [0.4, 0.5) is 8.78 Å². The van der Waals surface area contributed by atoms with Crippen LogP contribution in [-0.4, -0.2) is 47.2 Å². The second-order valence-electron chi connectivity index (χ2n) is 9.14. The number of nitrogens with two attached hydrogens (primary N) is 1. The van der Waals surface area contributed by atoms with E-state index in [0.29, 0.717) is 47.1 Å². The molecule has 12 heteroatoms. The number of esters is 1. The summed E-state index contributed by atoms with van der Waals surface area (Å²) >= 11 is 1.35. The van der Waals surface area contributed by atoms with Crippen molar-refractivity contribution in [2.24, 2.45) is 21.6 Å². The first-order valence-corrected chi connectivity index (χ1v) is 13.4. The van der Waals surface area contributed by atoms with Gasteiger partial charge in [-0.3, -0.25) is 14.8 Å². The molecule has 0 saturated carbocycles. The first-order valence-electron chi connectivity index (χ1n) is 12.5. The van der Waals surface area contributed by atoms with Gasteiger partial charge >= 0.3 is 11.9 Å². The van der Waals surface area contributed by atoms with Crippen LogP contribution in [0.2, 0.25) is 0 Å². The predicted octanol–water partition coefficient (Wildman–Crippen LogP) is 4.20. The fraction of sp³-hybridized carbons (Fsp3) is 0.370. The quantitative estimate of drug-likeness (QED) is 0.310. The highest BCUT2D eigenvalue weighted by molar-refractivity contribution is 7.11. The number of carboxylic acid groups (broad SMARTS) is 1. The minimum absolute atomic E-state index is 0.0457. The topological polar surface area (TPSA) is 139 Å². The smallest absolute Gasteiger partial charge is 0.338 e. The van der Waals surface area contributed by atoms with Crippen molar-refractivity contribution in [3.63, 3.8) is 0 Å². The lowest BCUT2D eigenvalue weighted by Gasteiger charge is -2.34. The summed E-state index contributed by atoms with van der Waals surface area (Å²) in [5, 5.41) is 14.5. The van der Waals surface area contributed by atoms with E-state index in [1.807, 2.05) is 0 Å². The highest BCUT2D eigenvalue weighted by Gasteiger charge is 2.38. The number of carbonyl (C=O) groups excluding carboxylic acids is 1. The molecule has 9 nitrogen and oxygen atoms in total. The van der Waals surface area contributed by atoms with E-state index >= 15 is 0 Å². The highest BCUT2D eigenvalue weighted by atomic mass is 32.1. The van der Waals surface area contributed by atoms with E-state index in [1.165, 1.54) is 24.3 Å². The van der Waals surface area contributed by atoms with Gasteiger partial charge in [0.15, 0.2) is 22.5 Å². The van der Waals surface area contributed by atoms with Gasteiger partial charge in [0, 0.05) is 41.6 Å². The van der Waals surface area contributed by atoms with Crippen LogP contribution < -0.4 is 11.1 Å². The zero-order chi connectivity index (χ0) is 28.1. The van der Waals surface area contributed by atoms with Crippen molar-refractivity contribution < 1.29 is 28.2 Å². The third kappa shape index (κ3) is 6.22. The number of carboxylic acids is 1. The second kappa shape index (κ2) is 12.3. The summed E-state index contributed by atoms with van der Waals surface area (Å²) in [6, 6.07) is 1.49. The van der Waals surface area contributed by atoms with E-state index in [9.17, 15) is 18.4 Å². The molecule has 2 aliphatic rings. The molecule has 1 aromatic heterocycles. The number of amidine groups is 1. The van der Waals surface area contributed by atoms with Crippen LogP contribution >= 0.6 is 11.3 Å². The molecule has 0 bridgehead atoms. The van der Waals surface area contributed by atoms with Gasteiger partial charge in [-0.1, -0.05) is 6.07 Å². The Labute approximate surface area is 228 Å². The molecule has 0 fully saturated rings. The number of aliphatic imine (C=N–C) groups is 2. The number of benzene rings is 1. The average Bonchev–Trinajstić information content (AvgIpc) is 3.45. The van der Waals surface area contributed by atoms with Gasteiger partial charge < -0.3 is 20.9 Å². The number of rotatable bonds is 9. The summed E-state index contributed by atoms with van der Waals surface area (Å²) in [6.45, 7) is 3.37. The average molecular weight is 558 g/mol. The molecule has 206 valence electrons. The number of thiazole rings is 1. The van der Waals surface area contributed by atoms with Crippen molar-refractivity contribution >= 4 is 35.3 Å². The van der Waals surface area contributed by atoms with Gasteiger partial charge in [0.25, 0.3) is 0 Å². The second-order valence-corrected chi connectivity index (χ2v) is 10.0. The third-order valence-electron chi connectivity index (χ3n) is 6.63. The van der Waals surface area contributed by atoms with Gasteiger partial charge in [-0.05, 0) is 55.9 Å². The molecule has 39 heavy (non-hydrogen) atoms. The van der Waals surface area contributed by atoms with Crippen molar-refractivity contribution in [3.05, 3.63) is 74.0 Å². The van der Waals surface area contributed by atoms with Crippen LogP contribution in [0.3, 0.4) is 0 Å². The lowest BCUT2D eigenvalue weighted by molar-refractivity contribution is -0.139. The Balaban J connectivity index is 1.81. The van der Waals surface area contributed by atoms with Crippen LogP contribution in [0, 0.1) is 24.5 Å². The number of nitrogens with zero attached hydrogens (tertiary/aromatic N) is 3. The fourth-order valence-corrected chi connectivity index (χ4v) is 5.25. The van der Waals surface area contributed by atoms with Crippen molar-refractivity contribution in [2.75, 3.05) is 13.2 Å². The van der Waals surface area contributed by atoms with Crippen LogP contribution in [0.1, 0.15) is 54.8 Å². The molecular formula is C27H29F2N5O4S. The van der Waals surface area contributed by atoms with E-state index in [2.05, 4.69) is 15.3 Å². The molecule has 2 aromatic rings. The molecule has 0 saturated heterocycles. The minimum Gasteiger partial charge on any atom is -0.481 e. The van der Waals surface area contributed by atoms with Gasteiger partial charge in [-0.15, -0.1) is 11.3 Å². The summed E-state index contributed by atoms with van der Waals surface area (Å²) in [4.78, 5) is 37.6. The van der Waals surface area contributed by atoms with Gasteiger partial charge in [0.1, 0.15) is 6.04 Å². The van der Waals surface area contributed by atoms with E-state index < -0.39 is 29.6 Å². The Hall–Kier alpha value is -3.93. The van der Waals surface area contributed by atoms with Crippen molar-refractivity contribution in [1.29, 1.82) is 0 Å². The molecule has 2 heterocycles. The standard InChI is InChI=1S/C27H29F2N5O4S/c1-3-38-27(37)21-23(15-4-7-19(30)16(12-15)13-31-9-8-20(35)36)33-25(26-32-10-11-39-26)34-24(21)17-5-6-18(28)22(29)14(17)2/h5-6,10-11,13,15,24H,3-4,7-9,12,30H2,1-2H3,(H,33,34)(H,35,36). The number of allylic oxidation sites excluding steroid dienone is 3. The van der Waals surface area contributed by atoms with E-state index in [0.717, 1.165) is 11.6 Å². The maximum absolute atomic E-state index is 14.7. The largest absolute Gasteiger partial charge is 0.481 e. The molecule has 2 atom stereocenters. The SMILES string of the molecule is CCOC(=O)C1=C(C2CCC(N)=C(C=NCCC(=O)O)C2)NC(c2nccs2)=NC1c1ccc(F)c(F)c1C. The molecule has 1 aliphatic heterocycles. The Morgan fingerprint density at radius 1 is 1.36 bits per heavy atom. The number of nitrogens with one attached hydrogen (secondary N) is 1. The van der Waals surface area contributed by atoms with E-state index in [-0.39, 0.29) is 36.6 Å². The molecule has 1 aliphatic carbocycles. The summed E-state index contributed by atoms with van der Waals surface area (Å²) < 4.78 is 34.1. The van der Waals surface area contributed by atoms with Crippen LogP contribution in [0.5, 0.6) is 0 Å². The number of hydrogen-bond acceptors (Lipinski definition) is 9. The molecule has 0 spiro atoms. The third-order valence-corrected chi connectivity index (χ3v) is 7.41. The Morgan fingerprint density at radius 2 is 2.15 bits per heavy atom. The molecule has 4 rings (SSSR count). The number of ether oxygens (including phenoxy) is 1. The first kappa shape index (κ1) is 28.1. The maximum atomic E-state index is 14.7. The van der Waals surface area contributed by atoms with Crippen molar-refractivity contribution in [3.8, 4) is 0 Å². The molecule has 4 N–H and O–H groups in total. The van der Waals surface area contributed by atoms with Gasteiger partial charge in [-0.25, -0.2) is 18.6 Å². The Bertz CT molecular complexity index is 1380. The summed E-state index contributed by atoms with van der Waals surface area (Å²) in [6.07, 6.45) is 4.65. The molecule has 0 radical (unpaired) electrons. The monoisotopic (exact) mass is 557 g/mol. The summed E-state index contributed by atoms with van der Waals surface area (Å²) in [7, 11) is 0. The molecule has 0 amide bonds. The molecule has 1 aromatic carbocycles. The summed E-state index contributed by atoms with van der Waals surface area (Å²) in [5.74, 6) is -3.39. The van der Waals surface area contributed by atoms with Crippen LogP contribution in [-0.2, 0) is 14.3 Å². The van der Waals surface area contributed by atoms with Crippen LogP contribution in [0.25, 0.3) is 0 Å². The molecular weight excluding hydrogens is 528 g/mol. The number of halogens is 2. The Kier molecular flexibility index (Phi) is 8.85. The van der Waals surface area contributed by atoms with Crippen molar-refractivity contribution in [2.45, 2.75) is 45.6 Å². The minimum atomic E-state index is -1.00. The maximum Gasteiger partial charge on any atom is 0.338 e. The van der Waals surface area contributed by atoms with Gasteiger partial charge in [0.2, 0.25) is 0 Å². The lowest BCUT2D eigenvalue weighted by atomic mass is 9.80. The lowest BCUT2D eigenvalue weighted by Crippen LogP contribution is -2.38.